The van der Waals surface area contributed by atoms with Gasteiger partial charge >= 0.3 is 5.97 Å². The highest BCUT2D eigenvalue weighted by Gasteiger charge is 2.19. The summed E-state index contributed by atoms with van der Waals surface area (Å²) in [6, 6.07) is 11.0. The third-order valence-electron chi connectivity index (χ3n) is 3.56. The van der Waals surface area contributed by atoms with Crippen LogP contribution in [0.15, 0.2) is 36.4 Å². The van der Waals surface area contributed by atoms with E-state index in [1.807, 2.05) is 30.3 Å². The number of esters is 1. The van der Waals surface area contributed by atoms with Crippen molar-refractivity contribution in [1.82, 2.24) is 0 Å². The smallest absolute Gasteiger partial charge is 0.313 e. The van der Waals surface area contributed by atoms with E-state index in [-0.39, 0.29) is 25.4 Å². The Labute approximate surface area is 139 Å². The van der Waals surface area contributed by atoms with Crippen LogP contribution >= 0.6 is 0 Å². The molecule has 0 aliphatic rings. The molecule has 1 unspecified atom stereocenters. The molecule has 2 aromatic rings. The minimum Gasteiger partial charge on any atom is -0.469 e. The van der Waals surface area contributed by atoms with Crippen LogP contribution in [0.1, 0.15) is 24.5 Å². The fourth-order valence-corrected chi connectivity index (χ4v) is 2.43. The Bertz CT molecular complexity index is 725. The van der Waals surface area contributed by atoms with Gasteiger partial charge in [-0.15, -0.1) is 0 Å². The number of carbonyl (C=O) groups excluding carboxylic acids is 2. The zero-order chi connectivity index (χ0) is 17.5. The van der Waals surface area contributed by atoms with Crippen LogP contribution in [0.5, 0.6) is 5.75 Å². The highest BCUT2D eigenvalue weighted by atomic mass is 16.7. The van der Waals surface area contributed by atoms with Crippen molar-refractivity contribution in [3.63, 3.8) is 0 Å². The van der Waals surface area contributed by atoms with Crippen LogP contribution in [0, 0.1) is 0 Å². The van der Waals surface area contributed by atoms with E-state index in [1.165, 1.54) is 14.2 Å². The molecule has 0 bridgehead atoms. The second-order valence-electron chi connectivity index (χ2n) is 5.30. The standard InChI is InChI=1S/C18H20O6/c1-22-11-24-14-7-12-5-3-4-6-15(12)16(10-14)17(20)8-13(19)9-18(21)23-2/h3-7,10,17,20H,8-9,11H2,1-2H3. The number of Topliss-reactive ketones (excluding diaryl/α,β-unsaturated/α-hetero) is 1. The van der Waals surface area contributed by atoms with Crippen molar-refractivity contribution in [1.29, 1.82) is 0 Å². The number of fused-ring (bicyclic) bond motifs is 1. The summed E-state index contributed by atoms with van der Waals surface area (Å²) < 4.78 is 14.8. The molecular weight excluding hydrogens is 312 g/mol. The van der Waals surface area contributed by atoms with Crippen molar-refractivity contribution in [2.75, 3.05) is 21.0 Å². The van der Waals surface area contributed by atoms with Gasteiger partial charge in [0.2, 0.25) is 0 Å². The highest BCUT2D eigenvalue weighted by Crippen LogP contribution is 2.31. The number of benzene rings is 2. The quantitative estimate of drug-likeness (QED) is 0.454. The van der Waals surface area contributed by atoms with Crippen molar-refractivity contribution in [2.24, 2.45) is 0 Å². The number of carbonyl (C=O) groups is 2. The van der Waals surface area contributed by atoms with E-state index in [4.69, 9.17) is 9.47 Å². The molecule has 24 heavy (non-hydrogen) atoms. The summed E-state index contributed by atoms with van der Waals surface area (Å²) in [4.78, 5) is 23.0. The van der Waals surface area contributed by atoms with Crippen LogP contribution < -0.4 is 4.74 Å². The lowest BCUT2D eigenvalue weighted by molar-refractivity contribution is -0.143. The first kappa shape index (κ1) is 17.9. The molecule has 0 fully saturated rings. The molecule has 0 heterocycles. The Morgan fingerprint density at radius 1 is 1.17 bits per heavy atom. The van der Waals surface area contributed by atoms with Crippen LogP contribution in [-0.4, -0.2) is 37.9 Å². The number of methoxy groups -OCH3 is 2. The topological polar surface area (TPSA) is 82.1 Å². The molecule has 1 atom stereocenters. The van der Waals surface area contributed by atoms with Crippen LogP contribution in [-0.2, 0) is 19.1 Å². The Balaban J connectivity index is 2.27. The molecule has 0 aliphatic carbocycles. The predicted molar refractivity (Wildman–Crippen MR) is 87.7 cm³/mol. The van der Waals surface area contributed by atoms with E-state index in [2.05, 4.69) is 4.74 Å². The largest absolute Gasteiger partial charge is 0.469 e. The summed E-state index contributed by atoms with van der Waals surface area (Å²) in [7, 11) is 2.73. The van der Waals surface area contributed by atoms with Gasteiger partial charge in [-0.2, -0.15) is 0 Å². The average molecular weight is 332 g/mol. The molecule has 0 amide bonds. The number of hydrogen-bond acceptors (Lipinski definition) is 6. The lowest BCUT2D eigenvalue weighted by atomic mass is 9.96. The summed E-state index contributed by atoms with van der Waals surface area (Å²) >= 11 is 0. The third-order valence-corrected chi connectivity index (χ3v) is 3.56. The molecular formula is C18H20O6. The normalized spacial score (nSPS) is 12.0. The number of hydrogen-bond donors (Lipinski definition) is 1. The second kappa shape index (κ2) is 8.42. The number of aliphatic hydroxyl groups excluding tert-OH is 1. The number of ketones is 1. The van der Waals surface area contributed by atoms with Crippen molar-refractivity contribution in [2.45, 2.75) is 18.9 Å². The first-order valence-electron chi connectivity index (χ1n) is 7.46. The van der Waals surface area contributed by atoms with Gasteiger partial charge in [-0.25, -0.2) is 0 Å². The molecule has 1 N–H and O–H groups in total. The SMILES string of the molecule is COCOc1cc(C(O)CC(=O)CC(=O)OC)c2ccccc2c1. The predicted octanol–water partition coefficient (Wildman–Crippen LogP) is 2.38. The summed E-state index contributed by atoms with van der Waals surface area (Å²) in [6.07, 6.45) is -1.57. The third kappa shape index (κ3) is 4.53. The van der Waals surface area contributed by atoms with E-state index in [0.29, 0.717) is 11.3 Å². The molecule has 0 saturated carbocycles. The minimum atomic E-state index is -1.04. The fourth-order valence-electron chi connectivity index (χ4n) is 2.43. The lowest BCUT2D eigenvalue weighted by Crippen LogP contribution is -2.13. The van der Waals surface area contributed by atoms with Gasteiger partial charge < -0.3 is 19.3 Å². The maximum absolute atomic E-state index is 11.9. The summed E-state index contributed by atoms with van der Waals surface area (Å²) in [5.74, 6) is -0.471. The number of ether oxygens (including phenoxy) is 3. The van der Waals surface area contributed by atoms with Crippen molar-refractivity contribution >= 4 is 22.5 Å². The summed E-state index contributed by atoms with van der Waals surface area (Å²) in [5.41, 5.74) is 0.567. The van der Waals surface area contributed by atoms with Gasteiger partial charge in [-0.3, -0.25) is 9.59 Å². The van der Waals surface area contributed by atoms with Crippen molar-refractivity contribution in [3.8, 4) is 5.75 Å². The molecule has 2 rings (SSSR count). The van der Waals surface area contributed by atoms with E-state index in [9.17, 15) is 14.7 Å². The Hall–Kier alpha value is -2.44. The summed E-state index contributed by atoms with van der Waals surface area (Å²) in [6.45, 7) is 0.0785. The summed E-state index contributed by atoms with van der Waals surface area (Å²) in [5, 5.41) is 12.2. The average Bonchev–Trinajstić information content (AvgIpc) is 2.58. The van der Waals surface area contributed by atoms with Crippen molar-refractivity contribution < 1.29 is 28.9 Å². The molecule has 0 aromatic heterocycles. The Morgan fingerprint density at radius 2 is 1.92 bits per heavy atom. The first-order valence-corrected chi connectivity index (χ1v) is 7.46. The Morgan fingerprint density at radius 3 is 2.62 bits per heavy atom. The van der Waals surface area contributed by atoms with Crippen LogP contribution in [0.4, 0.5) is 0 Å². The lowest BCUT2D eigenvalue weighted by Gasteiger charge is -2.15. The number of aliphatic hydroxyl groups is 1. The van der Waals surface area contributed by atoms with Gasteiger partial charge in [0.15, 0.2) is 6.79 Å². The maximum atomic E-state index is 11.9. The zero-order valence-corrected chi connectivity index (χ0v) is 13.7. The van der Waals surface area contributed by atoms with Gasteiger partial charge in [-0.1, -0.05) is 24.3 Å². The van der Waals surface area contributed by atoms with E-state index >= 15 is 0 Å². The monoisotopic (exact) mass is 332 g/mol. The molecule has 2 aromatic carbocycles. The van der Waals surface area contributed by atoms with Gasteiger partial charge in [0, 0.05) is 13.5 Å². The van der Waals surface area contributed by atoms with Gasteiger partial charge in [0.05, 0.1) is 13.2 Å². The minimum absolute atomic E-state index is 0.0785. The van der Waals surface area contributed by atoms with E-state index in [0.717, 1.165) is 10.8 Å². The number of rotatable bonds is 8. The molecule has 0 aliphatic heterocycles. The second-order valence-corrected chi connectivity index (χ2v) is 5.30. The molecule has 0 radical (unpaired) electrons. The molecule has 128 valence electrons. The van der Waals surface area contributed by atoms with Gasteiger partial charge in [0.25, 0.3) is 0 Å². The van der Waals surface area contributed by atoms with E-state index < -0.39 is 12.1 Å². The Kier molecular flexibility index (Phi) is 6.28. The van der Waals surface area contributed by atoms with Crippen LogP contribution in [0.3, 0.4) is 0 Å². The molecule has 0 spiro atoms. The van der Waals surface area contributed by atoms with Crippen molar-refractivity contribution in [3.05, 3.63) is 42.0 Å². The zero-order valence-electron chi connectivity index (χ0n) is 13.7. The molecule has 6 heteroatoms. The van der Waals surface area contributed by atoms with E-state index in [1.54, 1.807) is 6.07 Å². The van der Waals surface area contributed by atoms with Crippen LogP contribution in [0.25, 0.3) is 10.8 Å². The van der Waals surface area contributed by atoms with Gasteiger partial charge in [-0.05, 0) is 28.5 Å². The fraction of sp³-hybridized carbons (Fsp3) is 0.333. The van der Waals surface area contributed by atoms with Gasteiger partial charge in [0.1, 0.15) is 18.0 Å². The van der Waals surface area contributed by atoms with Crippen LogP contribution in [0.2, 0.25) is 0 Å². The highest BCUT2D eigenvalue weighted by molar-refractivity contribution is 5.96. The first-order chi connectivity index (χ1) is 11.5. The maximum Gasteiger partial charge on any atom is 0.313 e. The molecule has 0 saturated heterocycles. The molecule has 6 nitrogen and oxygen atoms in total.